The molecule has 0 spiro atoms. The van der Waals surface area contributed by atoms with Crippen LogP contribution in [0.25, 0.3) is 0 Å². The van der Waals surface area contributed by atoms with Gasteiger partial charge in [-0.25, -0.2) is 4.79 Å². The van der Waals surface area contributed by atoms with E-state index >= 15 is 0 Å². The van der Waals surface area contributed by atoms with Crippen LogP contribution in [0.15, 0.2) is 0 Å². The Morgan fingerprint density at radius 2 is 2.19 bits per heavy atom. The fraction of sp³-hybridized carbons (Fsp3) is 0.800. The van der Waals surface area contributed by atoms with Crippen LogP contribution in [0, 0.1) is 0 Å². The van der Waals surface area contributed by atoms with Gasteiger partial charge in [0.25, 0.3) is 0 Å². The molecule has 6 heteroatoms. The summed E-state index contributed by atoms with van der Waals surface area (Å²) >= 11 is 0. The number of hydrogen-bond donors (Lipinski definition) is 3. The zero-order chi connectivity index (χ0) is 12.3. The predicted octanol–water partition coefficient (Wildman–Crippen LogP) is -0.240. The Bertz CT molecular complexity index is 285. The summed E-state index contributed by atoms with van der Waals surface area (Å²) in [4.78, 5) is 22.8. The number of rotatable bonds is 1. The van der Waals surface area contributed by atoms with Gasteiger partial charge in [-0.05, 0) is 27.2 Å². The van der Waals surface area contributed by atoms with E-state index in [2.05, 4.69) is 10.6 Å². The van der Waals surface area contributed by atoms with Crippen LogP contribution in [0.1, 0.15) is 27.2 Å². The second-order valence-corrected chi connectivity index (χ2v) is 4.77. The molecule has 1 heterocycles. The van der Waals surface area contributed by atoms with Crippen LogP contribution in [-0.2, 0) is 9.53 Å². The van der Waals surface area contributed by atoms with Gasteiger partial charge in [0.1, 0.15) is 11.6 Å². The minimum absolute atomic E-state index is 0.385. The number of carbonyl (C=O) groups excluding carboxylic acids is 2. The van der Waals surface area contributed by atoms with Gasteiger partial charge in [-0.2, -0.15) is 0 Å². The van der Waals surface area contributed by atoms with Crippen molar-refractivity contribution in [2.24, 2.45) is 0 Å². The quantitative estimate of drug-likeness (QED) is 0.580. The van der Waals surface area contributed by atoms with Crippen molar-refractivity contribution in [3.8, 4) is 0 Å². The van der Waals surface area contributed by atoms with Crippen LogP contribution in [0.5, 0.6) is 0 Å². The Hall–Kier alpha value is -1.30. The fourth-order valence-electron chi connectivity index (χ4n) is 1.39. The lowest BCUT2D eigenvalue weighted by molar-refractivity contribution is -0.128. The number of piperidine rings is 1. The molecular formula is C10H18N2O4. The van der Waals surface area contributed by atoms with Gasteiger partial charge in [0.2, 0.25) is 5.91 Å². The predicted molar refractivity (Wildman–Crippen MR) is 56.8 cm³/mol. The molecule has 2 unspecified atom stereocenters. The van der Waals surface area contributed by atoms with Gasteiger partial charge in [-0.3, -0.25) is 4.79 Å². The molecule has 0 aromatic rings. The first-order valence-corrected chi connectivity index (χ1v) is 5.25. The third-order valence-corrected chi connectivity index (χ3v) is 2.08. The van der Waals surface area contributed by atoms with E-state index in [0.29, 0.717) is 13.0 Å². The minimum Gasteiger partial charge on any atom is -0.444 e. The van der Waals surface area contributed by atoms with Crippen LogP contribution in [0.2, 0.25) is 0 Å². The zero-order valence-corrected chi connectivity index (χ0v) is 9.74. The number of alkyl carbamates (subject to hydrolysis) is 1. The van der Waals surface area contributed by atoms with E-state index < -0.39 is 23.8 Å². The third-order valence-electron chi connectivity index (χ3n) is 2.08. The molecule has 0 aromatic heterocycles. The Balaban J connectivity index is 2.52. The molecule has 2 amide bonds. The van der Waals surface area contributed by atoms with Gasteiger partial charge in [0, 0.05) is 6.54 Å². The van der Waals surface area contributed by atoms with Gasteiger partial charge in [-0.15, -0.1) is 0 Å². The lowest BCUT2D eigenvalue weighted by atomic mass is 10.0. The summed E-state index contributed by atoms with van der Waals surface area (Å²) in [5, 5.41) is 14.5. The average molecular weight is 230 g/mol. The Labute approximate surface area is 94.3 Å². The Morgan fingerprint density at radius 3 is 2.69 bits per heavy atom. The average Bonchev–Trinajstić information content (AvgIpc) is 2.08. The molecule has 16 heavy (non-hydrogen) atoms. The monoisotopic (exact) mass is 230 g/mol. The van der Waals surface area contributed by atoms with Gasteiger partial charge >= 0.3 is 6.09 Å². The van der Waals surface area contributed by atoms with E-state index in [4.69, 9.17) is 4.74 Å². The summed E-state index contributed by atoms with van der Waals surface area (Å²) in [6.07, 6.45) is -1.14. The second kappa shape index (κ2) is 4.69. The highest BCUT2D eigenvalue weighted by molar-refractivity contribution is 5.86. The molecule has 6 nitrogen and oxygen atoms in total. The zero-order valence-electron chi connectivity index (χ0n) is 9.74. The largest absolute Gasteiger partial charge is 0.444 e. The van der Waals surface area contributed by atoms with Gasteiger partial charge in [0.05, 0.1) is 6.10 Å². The van der Waals surface area contributed by atoms with Crippen molar-refractivity contribution in [1.29, 1.82) is 0 Å². The van der Waals surface area contributed by atoms with Gasteiger partial charge in [0.15, 0.2) is 0 Å². The summed E-state index contributed by atoms with van der Waals surface area (Å²) in [6.45, 7) is 5.60. The number of aliphatic hydroxyl groups is 1. The first-order chi connectivity index (χ1) is 7.29. The topological polar surface area (TPSA) is 87.7 Å². The number of ether oxygens (including phenoxy) is 1. The van der Waals surface area contributed by atoms with Crippen LogP contribution >= 0.6 is 0 Å². The molecule has 0 aromatic carbocycles. The first-order valence-electron chi connectivity index (χ1n) is 5.25. The standard InChI is InChI=1S/C10H18N2O4/c1-10(2,3)16-9(15)12-7-6(13)4-5-11-8(7)14/h6-7,13H,4-5H2,1-3H3,(H,11,14)(H,12,15). The number of carbonyl (C=O) groups is 2. The van der Waals surface area contributed by atoms with E-state index in [0.717, 1.165) is 0 Å². The van der Waals surface area contributed by atoms with E-state index in [1.807, 2.05) is 0 Å². The highest BCUT2D eigenvalue weighted by atomic mass is 16.6. The molecule has 0 aliphatic carbocycles. The van der Waals surface area contributed by atoms with E-state index in [-0.39, 0.29) is 5.91 Å². The van der Waals surface area contributed by atoms with E-state index in [1.165, 1.54) is 0 Å². The molecule has 1 aliphatic heterocycles. The van der Waals surface area contributed by atoms with Crippen molar-refractivity contribution in [1.82, 2.24) is 10.6 Å². The van der Waals surface area contributed by atoms with Crippen LogP contribution < -0.4 is 10.6 Å². The molecule has 2 atom stereocenters. The molecule has 1 saturated heterocycles. The lowest BCUT2D eigenvalue weighted by Gasteiger charge is -2.29. The maximum atomic E-state index is 11.4. The Kier molecular flexibility index (Phi) is 3.74. The second-order valence-electron chi connectivity index (χ2n) is 4.77. The summed E-state index contributed by atoms with van der Waals surface area (Å²) < 4.78 is 5.00. The molecule has 0 radical (unpaired) electrons. The highest BCUT2D eigenvalue weighted by Gasteiger charge is 2.33. The van der Waals surface area contributed by atoms with Crippen molar-refractivity contribution in [3.05, 3.63) is 0 Å². The summed E-state index contributed by atoms with van der Waals surface area (Å²) in [7, 11) is 0. The summed E-state index contributed by atoms with van der Waals surface area (Å²) in [6, 6.07) is -0.927. The molecular weight excluding hydrogens is 212 g/mol. The molecule has 92 valence electrons. The van der Waals surface area contributed by atoms with Gasteiger partial charge in [-0.1, -0.05) is 0 Å². The smallest absolute Gasteiger partial charge is 0.408 e. The number of hydrogen-bond acceptors (Lipinski definition) is 4. The van der Waals surface area contributed by atoms with E-state index in [9.17, 15) is 14.7 Å². The van der Waals surface area contributed by atoms with Crippen molar-refractivity contribution >= 4 is 12.0 Å². The van der Waals surface area contributed by atoms with Crippen molar-refractivity contribution < 1.29 is 19.4 Å². The van der Waals surface area contributed by atoms with Gasteiger partial charge < -0.3 is 20.5 Å². The highest BCUT2D eigenvalue weighted by Crippen LogP contribution is 2.09. The third kappa shape index (κ3) is 3.69. The SMILES string of the molecule is CC(C)(C)OC(=O)NC1C(=O)NCCC1O. The molecule has 1 aliphatic rings. The van der Waals surface area contributed by atoms with Crippen molar-refractivity contribution in [3.63, 3.8) is 0 Å². The molecule has 1 fully saturated rings. The summed E-state index contributed by atoms with van der Waals surface area (Å²) in [5.74, 6) is -0.385. The molecule has 0 saturated carbocycles. The number of nitrogens with one attached hydrogen (secondary N) is 2. The lowest BCUT2D eigenvalue weighted by Crippen LogP contribution is -2.58. The van der Waals surface area contributed by atoms with Crippen LogP contribution in [0.3, 0.4) is 0 Å². The molecule has 1 rings (SSSR count). The fourth-order valence-corrected chi connectivity index (χ4v) is 1.39. The number of amides is 2. The summed E-state index contributed by atoms with van der Waals surface area (Å²) in [5.41, 5.74) is -0.625. The normalized spacial score (nSPS) is 25.9. The Morgan fingerprint density at radius 1 is 1.56 bits per heavy atom. The minimum atomic E-state index is -0.927. The number of aliphatic hydroxyl groups excluding tert-OH is 1. The maximum Gasteiger partial charge on any atom is 0.408 e. The van der Waals surface area contributed by atoms with Crippen LogP contribution in [0.4, 0.5) is 4.79 Å². The van der Waals surface area contributed by atoms with Crippen molar-refractivity contribution in [2.45, 2.75) is 44.9 Å². The maximum absolute atomic E-state index is 11.4. The van der Waals surface area contributed by atoms with E-state index in [1.54, 1.807) is 20.8 Å². The molecule has 3 N–H and O–H groups in total. The van der Waals surface area contributed by atoms with Crippen molar-refractivity contribution in [2.75, 3.05) is 6.54 Å². The molecule has 0 bridgehead atoms. The van der Waals surface area contributed by atoms with Crippen LogP contribution in [-0.4, -0.2) is 41.4 Å². The first kappa shape index (κ1) is 12.8.